The van der Waals surface area contributed by atoms with E-state index >= 15 is 0 Å². The van der Waals surface area contributed by atoms with E-state index < -0.39 is 18.1 Å². The quantitative estimate of drug-likeness (QED) is 0.505. The normalized spacial score (nSPS) is 22.0. The van der Waals surface area contributed by atoms with Gasteiger partial charge in [-0.05, 0) is 47.2 Å². The summed E-state index contributed by atoms with van der Waals surface area (Å²) in [5.41, 5.74) is 7.26. The summed E-state index contributed by atoms with van der Waals surface area (Å²) in [7, 11) is 0. The third kappa shape index (κ3) is 3.07. The molecule has 2 aliphatic carbocycles. The van der Waals surface area contributed by atoms with Crippen molar-refractivity contribution in [1.29, 1.82) is 0 Å². The molecule has 0 fully saturated rings. The monoisotopic (exact) mass is 451 g/mol. The molecule has 5 heteroatoms. The lowest BCUT2D eigenvalue weighted by Gasteiger charge is -2.41. The Bertz CT molecular complexity index is 1300. The van der Waals surface area contributed by atoms with Crippen LogP contribution in [0.4, 0.5) is 10.5 Å². The van der Waals surface area contributed by atoms with Gasteiger partial charge in [0.1, 0.15) is 12.6 Å². The number of benzene rings is 3. The number of aryl methyl sites for hydroxylation is 1. The minimum Gasteiger partial charge on any atom is -0.480 e. The molecule has 170 valence electrons. The van der Waals surface area contributed by atoms with Gasteiger partial charge in [0.25, 0.3) is 0 Å². The van der Waals surface area contributed by atoms with E-state index in [9.17, 15) is 14.7 Å². The number of anilines is 1. The van der Waals surface area contributed by atoms with Crippen LogP contribution in [0.5, 0.6) is 0 Å². The number of ether oxygens (including phenoxy) is 1. The number of amides is 1. The van der Waals surface area contributed by atoms with Crippen molar-refractivity contribution in [3.8, 4) is 11.1 Å². The highest BCUT2D eigenvalue weighted by atomic mass is 16.6. The van der Waals surface area contributed by atoms with Crippen molar-refractivity contribution in [1.82, 2.24) is 0 Å². The Morgan fingerprint density at radius 2 is 1.65 bits per heavy atom. The first-order valence-corrected chi connectivity index (χ1v) is 11.7. The van der Waals surface area contributed by atoms with Crippen molar-refractivity contribution >= 4 is 17.7 Å². The number of carboxylic acids is 1. The van der Waals surface area contributed by atoms with Crippen molar-refractivity contribution in [3.05, 3.63) is 101 Å². The van der Waals surface area contributed by atoms with Crippen molar-refractivity contribution in [2.24, 2.45) is 5.92 Å². The van der Waals surface area contributed by atoms with Crippen LogP contribution in [0.2, 0.25) is 0 Å². The summed E-state index contributed by atoms with van der Waals surface area (Å²) in [6, 6.07) is 21.2. The fourth-order valence-electron chi connectivity index (χ4n) is 6.00. The molecule has 0 bridgehead atoms. The van der Waals surface area contributed by atoms with Crippen LogP contribution in [0.25, 0.3) is 11.1 Å². The van der Waals surface area contributed by atoms with Crippen LogP contribution >= 0.6 is 0 Å². The Labute approximate surface area is 198 Å². The Morgan fingerprint density at radius 1 is 0.971 bits per heavy atom. The first-order chi connectivity index (χ1) is 16.5. The molecule has 34 heavy (non-hydrogen) atoms. The van der Waals surface area contributed by atoms with E-state index in [2.05, 4.69) is 36.4 Å². The minimum absolute atomic E-state index is 0.00589. The predicted molar refractivity (Wildman–Crippen MR) is 130 cm³/mol. The van der Waals surface area contributed by atoms with E-state index in [-0.39, 0.29) is 24.4 Å². The molecule has 0 saturated carbocycles. The van der Waals surface area contributed by atoms with E-state index in [4.69, 9.17) is 4.74 Å². The summed E-state index contributed by atoms with van der Waals surface area (Å²) in [6.45, 7) is 2.16. The molecule has 1 heterocycles. The van der Waals surface area contributed by atoms with Crippen molar-refractivity contribution in [2.75, 3.05) is 11.5 Å². The van der Waals surface area contributed by atoms with Gasteiger partial charge < -0.3 is 9.84 Å². The first kappa shape index (κ1) is 20.7. The van der Waals surface area contributed by atoms with Crippen molar-refractivity contribution in [3.63, 3.8) is 0 Å². The molecule has 1 aliphatic heterocycles. The van der Waals surface area contributed by atoms with Gasteiger partial charge in [-0.15, -0.1) is 0 Å². The standard InChI is InChI=1S/C29H25NO4/c1-17-13-14-26-24(15-17)22-11-6-12-23(22)27(28(31)32)30(26)29(33)34-16-25-20-9-4-2-7-18(20)19-8-3-5-10-21(19)25/h2-11,13-15,22-23,25,27H,12,16H2,1H3,(H,31,32)/t22-,23+,27-/m0/s1. The molecule has 0 radical (unpaired) electrons. The van der Waals surface area contributed by atoms with E-state index in [0.29, 0.717) is 12.1 Å². The van der Waals surface area contributed by atoms with Crippen LogP contribution in [0.15, 0.2) is 78.9 Å². The smallest absolute Gasteiger partial charge is 0.415 e. The average molecular weight is 452 g/mol. The van der Waals surface area contributed by atoms with Crippen LogP contribution in [-0.4, -0.2) is 29.8 Å². The zero-order chi connectivity index (χ0) is 23.4. The lowest BCUT2D eigenvalue weighted by molar-refractivity contribution is -0.140. The highest BCUT2D eigenvalue weighted by Crippen LogP contribution is 2.49. The third-order valence-corrected chi connectivity index (χ3v) is 7.48. The maximum absolute atomic E-state index is 13.5. The van der Waals surface area contributed by atoms with Gasteiger partial charge in [0.15, 0.2) is 0 Å². The minimum atomic E-state index is -1.00. The summed E-state index contributed by atoms with van der Waals surface area (Å²) in [5.74, 6) is -1.29. The van der Waals surface area contributed by atoms with Crippen LogP contribution in [0.3, 0.4) is 0 Å². The molecule has 3 aromatic rings. The second-order valence-electron chi connectivity index (χ2n) is 9.37. The number of allylic oxidation sites excluding steroid dienone is 2. The fraction of sp³-hybridized carbons (Fsp3) is 0.241. The first-order valence-electron chi connectivity index (χ1n) is 11.7. The van der Waals surface area contributed by atoms with E-state index in [0.717, 1.165) is 33.4 Å². The van der Waals surface area contributed by atoms with Gasteiger partial charge in [-0.25, -0.2) is 9.59 Å². The van der Waals surface area contributed by atoms with Gasteiger partial charge in [0.05, 0.1) is 5.69 Å². The third-order valence-electron chi connectivity index (χ3n) is 7.48. The van der Waals surface area contributed by atoms with Gasteiger partial charge >= 0.3 is 12.1 Å². The number of carbonyl (C=O) groups excluding carboxylic acids is 1. The topological polar surface area (TPSA) is 66.8 Å². The molecule has 1 N–H and O–H groups in total. The zero-order valence-corrected chi connectivity index (χ0v) is 18.8. The second-order valence-corrected chi connectivity index (χ2v) is 9.37. The number of carbonyl (C=O) groups is 2. The number of hydrogen-bond donors (Lipinski definition) is 1. The molecule has 6 rings (SSSR count). The molecule has 0 spiro atoms. The second kappa shape index (κ2) is 7.87. The number of nitrogens with zero attached hydrogens (tertiary/aromatic N) is 1. The largest absolute Gasteiger partial charge is 0.480 e. The van der Waals surface area contributed by atoms with E-state index in [1.165, 1.54) is 4.90 Å². The summed E-state index contributed by atoms with van der Waals surface area (Å²) in [5, 5.41) is 10.1. The Balaban J connectivity index is 1.34. The molecule has 0 aromatic heterocycles. The average Bonchev–Trinajstić information content (AvgIpc) is 3.45. The molecule has 1 amide bonds. The van der Waals surface area contributed by atoms with Crippen LogP contribution < -0.4 is 4.90 Å². The number of carboxylic acid groups (broad SMARTS) is 1. The van der Waals surface area contributed by atoms with Gasteiger partial charge in [0.2, 0.25) is 0 Å². The fourth-order valence-corrected chi connectivity index (χ4v) is 6.00. The van der Waals surface area contributed by atoms with Crippen molar-refractivity contribution in [2.45, 2.75) is 31.2 Å². The molecule has 3 aliphatic rings. The molecule has 0 unspecified atom stereocenters. The summed E-state index contributed by atoms with van der Waals surface area (Å²) < 4.78 is 5.90. The highest BCUT2D eigenvalue weighted by Gasteiger charge is 2.48. The van der Waals surface area contributed by atoms with Crippen LogP contribution in [0.1, 0.15) is 40.5 Å². The molecule has 3 atom stereocenters. The van der Waals surface area contributed by atoms with E-state index in [1.54, 1.807) is 0 Å². The Hall–Kier alpha value is -3.86. The summed E-state index contributed by atoms with van der Waals surface area (Å²) in [4.78, 5) is 27.3. The number of rotatable bonds is 3. The van der Waals surface area contributed by atoms with Gasteiger partial charge in [-0.2, -0.15) is 0 Å². The lowest BCUT2D eigenvalue weighted by Crippen LogP contribution is -2.53. The number of aliphatic carboxylic acids is 1. The van der Waals surface area contributed by atoms with Gasteiger partial charge in [-0.3, -0.25) is 4.90 Å². The van der Waals surface area contributed by atoms with Gasteiger partial charge in [-0.1, -0.05) is 78.4 Å². The number of fused-ring (bicyclic) bond motifs is 6. The van der Waals surface area contributed by atoms with Gasteiger partial charge in [0, 0.05) is 17.8 Å². The lowest BCUT2D eigenvalue weighted by atomic mass is 9.78. The number of hydrogen-bond acceptors (Lipinski definition) is 3. The Kier molecular flexibility index (Phi) is 4.80. The maximum Gasteiger partial charge on any atom is 0.415 e. The van der Waals surface area contributed by atoms with Crippen LogP contribution in [0, 0.1) is 12.8 Å². The SMILES string of the molecule is Cc1ccc2c(c1)[C@H]1C=CC[C@H]1[C@@H](C(=O)O)N2C(=O)OCC1c2ccccc2-c2ccccc21. The maximum atomic E-state index is 13.5. The Morgan fingerprint density at radius 3 is 2.32 bits per heavy atom. The predicted octanol–water partition coefficient (Wildman–Crippen LogP) is 5.88. The molecular formula is C29H25NO4. The summed E-state index contributed by atoms with van der Waals surface area (Å²) >= 11 is 0. The highest BCUT2D eigenvalue weighted by molar-refractivity contribution is 5.98. The molecule has 5 nitrogen and oxygen atoms in total. The molecule has 3 aromatic carbocycles. The molecule has 0 saturated heterocycles. The summed E-state index contributed by atoms with van der Waals surface area (Å²) in [6.07, 6.45) is 4.12. The van der Waals surface area contributed by atoms with Crippen LogP contribution in [-0.2, 0) is 9.53 Å². The van der Waals surface area contributed by atoms with E-state index in [1.807, 2.05) is 49.4 Å². The van der Waals surface area contributed by atoms with Crippen molar-refractivity contribution < 1.29 is 19.4 Å². The zero-order valence-electron chi connectivity index (χ0n) is 18.8. The molecular weight excluding hydrogens is 426 g/mol.